The average Bonchev–Trinajstić information content (AvgIpc) is 3.25. The van der Waals surface area contributed by atoms with Crippen LogP contribution in [0.2, 0.25) is 0 Å². The van der Waals surface area contributed by atoms with Gasteiger partial charge in [-0.25, -0.2) is 9.97 Å². The quantitative estimate of drug-likeness (QED) is 0.451. The Balaban J connectivity index is 1.65. The molecule has 2 N–H and O–H groups in total. The van der Waals surface area contributed by atoms with Crippen LogP contribution in [0, 0.1) is 6.92 Å². The Morgan fingerprint density at radius 1 is 1.17 bits per heavy atom. The summed E-state index contributed by atoms with van der Waals surface area (Å²) in [5, 5.41) is 5.86. The number of nitrogens with one attached hydrogen (secondary N) is 2. The van der Waals surface area contributed by atoms with Crippen LogP contribution < -0.4 is 10.6 Å². The minimum Gasteiger partial charge on any atom is -0.376 e. The molecular weight excluding hydrogens is 511 g/mol. The maximum absolute atomic E-state index is 13.3. The van der Waals surface area contributed by atoms with Gasteiger partial charge in [0, 0.05) is 6.04 Å². The molecular formula is C22H27F5N4O4S. The van der Waals surface area contributed by atoms with Crippen LogP contribution in [0.5, 0.6) is 0 Å². The molecule has 200 valence electrons. The SMILES string of the molecule is Cc1nc(CC(=O)NC2(C)COC2)c(C2OCCO2)c(N[C@H](C)c2cccc(S(F)(F)(F)(F)F)c2)n1. The van der Waals surface area contributed by atoms with Gasteiger partial charge in [0.2, 0.25) is 5.91 Å². The van der Waals surface area contributed by atoms with Crippen molar-refractivity contribution in [3.05, 3.63) is 46.9 Å². The van der Waals surface area contributed by atoms with Gasteiger partial charge in [0.15, 0.2) is 6.29 Å². The predicted octanol–water partition coefficient (Wildman–Crippen LogP) is 5.11. The van der Waals surface area contributed by atoms with Gasteiger partial charge in [-0.05, 0) is 38.5 Å². The van der Waals surface area contributed by atoms with Gasteiger partial charge in [0.1, 0.15) is 16.5 Å². The Labute approximate surface area is 204 Å². The molecule has 1 aromatic carbocycles. The van der Waals surface area contributed by atoms with E-state index in [1.165, 1.54) is 13.0 Å². The highest BCUT2D eigenvalue weighted by atomic mass is 32.5. The van der Waals surface area contributed by atoms with Crippen LogP contribution in [0.25, 0.3) is 0 Å². The van der Waals surface area contributed by atoms with Gasteiger partial charge in [0.25, 0.3) is 0 Å². The van der Waals surface area contributed by atoms with E-state index in [2.05, 4.69) is 20.6 Å². The van der Waals surface area contributed by atoms with Crippen LogP contribution in [-0.2, 0) is 25.4 Å². The number of rotatable bonds is 8. The standard InChI is InChI=1S/C22H27F5N4O4S/c1-13(15-5-4-6-16(9-15)36(23,24,25,26)27)28-20-19(21-34-7-8-35-21)17(29-14(2)30-20)10-18(32)31-22(3)11-33-12-22/h4-6,9,13,21H,7-8,10-12H2,1-3H3,(H,31,32)(H,28,29,30)/t13-/m1/s1. The molecule has 3 heterocycles. The molecule has 2 aliphatic rings. The highest BCUT2D eigenvalue weighted by Gasteiger charge is 2.65. The number of halogens is 5. The zero-order valence-electron chi connectivity index (χ0n) is 19.8. The van der Waals surface area contributed by atoms with E-state index < -0.39 is 33.0 Å². The molecule has 14 heteroatoms. The second kappa shape index (κ2) is 8.50. The fraction of sp³-hybridized carbons (Fsp3) is 0.500. The summed E-state index contributed by atoms with van der Waals surface area (Å²) in [6, 6.07) is 2.13. The number of hydrogen-bond donors (Lipinski definition) is 2. The lowest BCUT2D eigenvalue weighted by Gasteiger charge is -2.40. The molecule has 36 heavy (non-hydrogen) atoms. The van der Waals surface area contributed by atoms with Crippen molar-refractivity contribution < 1.29 is 38.4 Å². The van der Waals surface area contributed by atoms with Crippen molar-refractivity contribution in [1.29, 1.82) is 0 Å². The highest BCUT2D eigenvalue weighted by Crippen LogP contribution is 3.02. The minimum absolute atomic E-state index is 0.0339. The second-order valence-corrected chi connectivity index (χ2v) is 11.6. The van der Waals surface area contributed by atoms with Gasteiger partial charge in [0.05, 0.1) is 49.6 Å². The van der Waals surface area contributed by atoms with E-state index in [1.807, 2.05) is 6.92 Å². The molecule has 0 aliphatic carbocycles. The number of ether oxygens (including phenoxy) is 3. The number of anilines is 1. The molecule has 1 aromatic heterocycles. The molecule has 1 amide bonds. The maximum atomic E-state index is 13.3. The van der Waals surface area contributed by atoms with E-state index in [1.54, 1.807) is 6.92 Å². The normalized spacial score (nSPS) is 20.7. The van der Waals surface area contributed by atoms with Gasteiger partial charge >= 0.3 is 10.2 Å². The van der Waals surface area contributed by atoms with Crippen molar-refractivity contribution in [2.24, 2.45) is 0 Å². The number of hydrogen-bond acceptors (Lipinski definition) is 7. The molecule has 0 unspecified atom stereocenters. The predicted molar refractivity (Wildman–Crippen MR) is 122 cm³/mol. The third-order valence-electron chi connectivity index (χ3n) is 5.76. The third kappa shape index (κ3) is 6.05. The van der Waals surface area contributed by atoms with Crippen LogP contribution in [0.1, 0.15) is 48.8 Å². The summed E-state index contributed by atoms with van der Waals surface area (Å²) in [5.41, 5.74) is 0.113. The van der Waals surface area contributed by atoms with Crippen molar-refractivity contribution >= 4 is 21.9 Å². The third-order valence-corrected chi connectivity index (χ3v) is 6.91. The van der Waals surface area contributed by atoms with Crippen LogP contribution in [0.3, 0.4) is 0 Å². The fourth-order valence-corrected chi connectivity index (χ4v) is 4.68. The second-order valence-electron chi connectivity index (χ2n) is 9.24. The van der Waals surface area contributed by atoms with Crippen LogP contribution in [-0.4, -0.2) is 47.8 Å². The molecule has 2 fully saturated rings. The van der Waals surface area contributed by atoms with Crippen molar-refractivity contribution in [1.82, 2.24) is 15.3 Å². The molecule has 4 rings (SSSR count). The first kappa shape index (κ1) is 26.5. The number of aromatic nitrogens is 2. The molecule has 0 radical (unpaired) electrons. The number of aryl methyl sites for hydroxylation is 1. The first-order valence-corrected chi connectivity index (χ1v) is 13.1. The number of carbonyl (C=O) groups excluding carboxylic acids is 1. The van der Waals surface area contributed by atoms with Crippen LogP contribution >= 0.6 is 10.2 Å². The van der Waals surface area contributed by atoms with Crippen molar-refractivity contribution in [3.8, 4) is 0 Å². The average molecular weight is 539 g/mol. The number of nitrogens with zero attached hydrogens (tertiary/aromatic N) is 2. The lowest BCUT2D eigenvalue weighted by molar-refractivity contribution is -0.130. The topological polar surface area (TPSA) is 94.6 Å². The fourth-order valence-electron chi connectivity index (χ4n) is 3.98. The maximum Gasteiger partial charge on any atom is 0.310 e. The van der Waals surface area contributed by atoms with Gasteiger partial charge < -0.3 is 24.8 Å². The van der Waals surface area contributed by atoms with E-state index in [-0.39, 0.29) is 42.7 Å². The first-order chi connectivity index (χ1) is 16.5. The summed E-state index contributed by atoms with van der Waals surface area (Å²) in [6.07, 6.45) is -1.05. The van der Waals surface area contributed by atoms with Gasteiger partial charge in [-0.2, -0.15) is 0 Å². The number of benzene rings is 1. The van der Waals surface area contributed by atoms with E-state index in [4.69, 9.17) is 14.2 Å². The van der Waals surface area contributed by atoms with E-state index in [0.717, 1.165) is 6.07 Å². The molecule has 0 spiro atoms. The summed E-state index contributed by atoms with van der Waals surface area (Å²) in [5.74, 6) is 0.134. The Morgan fingerprint density at radius 2 is 1.83 bits per heavy atom. The van der Waals surface area contributed by atoms with Crippen LogP contribution in [0.15, 0.2) is 29.2 Å². The van der Waals surface area contributed by atoms with Gasteiger partial charge in [-0.3, -0.25) is 4.79 Å². The summed E-state index contributed by atoms with van der Waals surface area (Å²) in [6.45, 7) is 6.26. The van der Waals surface area contributed by atoms with Crippen molar-refractivity contribution in [2.75, 3.05) is 31.7 Å². The molecule has 2 saturated heterocycles. The lowest BCUT2D eigenvalue weighted by Crippen LogP contribution is -2.60. The molecule has 8 nitrogen and oxygen atoms in total. The summed E-state index contributed by atoms with van der Waals surface area (Å²) in [4.78, 5) is 19.5. The Bertz CT molecular complexity index is 1170. The largest absolute Gasteiger partial charge is 0.376 e. The lowest BCUT2D eigenvalue weighted by atomic mass is 10.00. The van der Waals surface area contributed by atoms with Gasteiger partial charge in [-0.15, -0.1) is 0 Å². The Kier molecular flexibility index (Phi) is 6.26. The Morgan fingerprint density at radius 3 is 2.42 bits per heavy atom. The first-order valence-electron chi connectivity index (χ1n) is 11.1. The zero-order valence-corrected chi connectivity index (χ0v) is 20.6. The highest BCUT2D eigenvalue weighted by molar-refractivity contribution is 8.45. The molecule has 0 saturated carbocycles. The minimum atomic E-state index is -9.85. The van der Waals surface area contributed by atoms with Crippen molar-refractivity contribution in [3.63, 3.8) is 0 Å². The monoisotopic (exact) mass is 538 g/mol. The molecule has 2 aliphatic heterocycles. The molecule has 1 atom stereocenters. The zero-order chi connectivity index (χ0) is 26.4. The summed E-state index contributed by atoms with van der Waals surface area (Å²) < 4.78 is 83.1. The van der Waals surface area contributed by atoms with E-state index >= 15 is 0 Å². The van der Waals surface area contributed by atoms with E-state index in [0.29, 0.717) is 36.6 Å². The Hall–Kier alpha value is -2.55. The molecule has 2 aromatic rings. The molecule has 0 bridgehead atoms. The van der Waals surface area contributed by atoms with Crippen molar-refractivity contribution in [2.45, 2.75) is 50.0 Å². The summed E-state index contributed by atoms with van der Waals surface area (Å²) in [7, 11) is -9.85. The number of amides is 1. The number of carbonyl (C=O) groups is 1. The van der Waals surface area contributed by atoms with Crippen LogP contribution in [0.4, 0.5) is 25.2 Å². The summed E-state index contributed by atoms with van der Waals surface area (Å²) >= 11 is 0. The van der Waals surface area contributed by atoms with Gasteiger partial charge in [-0.1, -0.05) is 31.6 Å². The van der Waals surface area contributed by atoms with E-state index in [9.17, 15) is 24.2 Å². The smallest absolute Gasteiger partial charge is 0.310 e.